The third-order valence-electron chi connectivity index (χ3n) is 3.54. The number of hydrogen-bond acceptors (Lipinski definition) is 4. The molecule has 1 heterocycles. The van der Waals surface area contributed by atoms with Gasteiger partial charge < -0.3 is 15.2 Å². The average molecular weight is 321 g/mol. The first-order valence-corrected chi connectivity index (χ1v) is 7.92. The molecule has 0 atom stereocenters. The second-order valence-electron chi connectivity index (χ2n) is 5.34. The molecular weight excluding hydrogens is 302 g/mol. The zero-order valence-electron chi connectivity index (χ0n) is 13.2. The maximum Gasteiger partial charge on any atom is 0.273 e. The molecule has 0 radical (unpaired) electrons. The molecular formula is C19H19N3O2. The Balaban J connectivity index is 1.43. The van der Waals surface area contributed by atoms with Crippen LogP contribution in [0.5, 0.6) is 0 Å². The van der Waals surface area contributed by atoms with Crippen LogP contribution in [0.2, 0.25) is 0 Å². The van der Waals surface area contributed by atoms with E-state index >= 15 is 0 Å². The van der Waals surface area contributed by atoms with Gasteiger partial charge in [-0.3, -0.25) is 4.79 Å². The minimum Gasteiger partial charge on any atom is -0.385 e. The molecule has 0 bridgehead atoms. The number of benzene rings is 2. The monoisotopic (exact) mass is 321 g/mol. The lowest BCUT2D eigenvalue weighted by molar-refractivity contribution is 0.0944. The number of aromatic nitrogens is 1. The van der Waals surface area contributed by atoms with Gasteiger partial charge in [0, 0.05) is 30.4 Å². The SMILES string of the molecule is O=C(NCCCNc1ccccc1)c1cc(-c2ccccc2)on1. The maximum absolute atomic E-state index is 12.1. The summed E-state index contributed by atoms with van der Waals surface area (Å²) >= 11 is 0. The van der Waals surface area contributed by atoms with Gasteiger partial charge in [-0.25, -0.2) is 0 Å². The molecule has 0 fully saturated rings. The lowest BCUT2D eigenvalue weighted by atomic mass is 10.1. The van der Waals surface area contributed by atoms with Gasteiger partial charge in [0.2, 0.25) is 0 Å². The van der Waals surface area contributed by atoms with Crippen LogP contribution in [0.1, 0.15) is 16.9 Å². The standard InChI is InChI=1S/C19H19N3O2/c23-19(21-13-7-12-20-16-10-5-2-6-11-16)17-14-18(24-22-17)15-8-3-1-4-9-15/h1-6,8-11,14,20H,7,12-13H2,(H,21,23). The van der Waals surface area contributed by atoms with Gasteiger partial charge in [0.25, 0.3) is 5.91 Å². The Morgan fingerprint density at radius 2 is 1.67 bits per heavy atom. The number of para-hydroxylation sites is 1. The highest BCUT2D eigenvalue weighted by Crippen LogP contribution is 2.19. The van der Waals surface area contributed by atoms with Gasteiger partial charge in [0.15, 0.2) is 11.5 Å². The highest BCUT2D eigenvalue weighted by atomic mass is 16.5. The molecule has 24 heavy (non-hydrogen) atoms. The zero-order chi connectivity index (χ0) is 16.6. The summed E-state index contributed by atoms with van der Waals surface area (Å²) in [5.41, 5.74) is 2.27. The van der Waals surface area contributed by atoms with Crippen molar-refractivity contribution in [2.45, 2.75) is 6.42 Å². The fraction of sp³-hybridized carbons (Fsp3) is 0.158. The molecule has 0 aliphatic rings. The van der Waals surface area contributed by atoms with E-state index in [1.165, 1.54) is 0 Å². The quantitative estimate of drug-likeness (QED) is 0.653. The molecule has 0 aliphatic carbocycles. The van der Waals surface area contributed by atoms with E-state index in [-0.39, 0.29) is 5.91 Å². The minimum atomic E-state index is -0.222. The van der Waals surface area contributed by atoms with Crippen LogP contribution in [0.4, 0.5) is 5.69 Å². The Labute approximate surface area is 140 Å². The Bertz CT molecular complexity index is 770. The number of nitrogens with one attached hydrogen (secondary N) is 2. The fourth-order valence-corrected chi connectivity index (χ4v) is 2.29. The summed E-state index contributed by atoms with van der Waals surface area (Å²) in [7, 11) is 0. The normalized spacial score (nSPS) is 10.3. The Morgan fingerprint density at radius 3 is 2.42 bits per heavy atom. The largest absolute Gasteiger partial charge is 0.385 e. The maximum atomic E-state index is 12.1. The molecule has 1 aromatic heterocycles. The van der Waals surface area contributed by atoms with Crippen molar-refractivity contribution in [2.24, 2.45) is 0 Å². The smallest absolute Gasteiger partial charge is 0.273 e. The first-order chi connectivity index (χ1) is 11.8. The number of anilines is 1. The number of hydrogen-bond donors (Lipinski definition) is 2. The van der Waals surface area contributed by atoms with Crippen LogP contribution in [-0.4, -0.2) is 24.2 Å². The highest BCUT2D eigenvalue weighted by molar-refractivity contribution is 5.93. The average Bonchev–Trinajstić information content (AvgIpc) is 3.13. The third-order valence-corrected chi connectivity index (χ3v) is 3.54. The lowest BCUT2D eigenvalue weighted by Crippen LogP contribution is -2.26. The van der Waals surface area contributed by atoms with E-state index in [0.29, 0.717) is 18.0 Å². The number of rotatable bonds is 7. The van der Waals surface area contributed by atoms with Crippen molar-refractivity contribution < 1.29 is 9.32 Å². The van der Waals surface area contributed by atoms with Crippen molar-refractivity contribution in [1.29, 1.82) is 0 Å². The molecule has 0 spiro atoms. The van der Waals surface area contributed by atoms with E-state index in [1.807, 2.05) is 60.7 Å². The minimum absolute atomic E-state index is 0.222. The summed E-state index contributed by atoms with van der Waals surface area (Å²) in [4.78, 5) is 12.1. The van der Waals surface area contributed by atoms with E-state index < -0.39 is 0 Å². The van der Waals surface area contributed by atoms with Crippen LogP contribution in [0.15, 0.2) is 71.3 Å². The highest BCUT2D eigenvalue weighted by Gasteiger charge is 2.12. The third kappa shape index (κ3) is 4.23. The first-order valence-electron chi connectivity index (χ1n) is 7.92. The van der Waals surface area contributed by atoms with Crippen LogP contribution in [0.25, 0.3) is 11.3 Å². The van der Waals surface area contributed by atoms with Crippen molar-refractivity contribution in [2.75, 3.05) is 18.4 Å². The summed E-state index contributed by atoms with van der Waals surface area (Å²) in [6, 6.07) is 21.2. The summed E-state index contributed by atoms with van der Waals surface area (Å²) in [5, 5.41) is 9.98. The first kappa shape index (κ1) is 15.8. The summed E-state index contributed by atoms with van der Waals surface area (Å²) in [6.45, 7) is 1.37. The molecule has 2 N–H and O–H groups in total. The molecule has 3 rings (SSSR count). The molecule has 3 aromatic rings. The summed E-state index contributed by atoms with van der Waals surface area (Å²) in [6.07, 6.45) is 0.823. The number of carbonyl (C=O) groups excluding carboxylic acids is 1. The van der Waals surface area contributed by atoms with Crippen LogP contribution in [0, 0.1) is 0 Å². The predicted molar refractivity (Wildman–Crippen MR) is 93.8 cm³/mol. The van der Waals surface area contributed by atoms with Crippen LogP contribution >= 0.6 is 0 Å². The van der Waals surface area contributed by atoms with Crippen molar-refractivity contribution in [3.63, 3.8) is 0 Å². The van der Waals surface area contributed by atoms with Gasteiger partial charge in [0.1, 0.15) is 0 Å². The van der Waals surface area contributed by atoms with E-state index in [1.54, 1.807) is 6.07 Å². The van der Waals surface area contributed by atoms with E-state index in [0.717, 1.165) is 24.2 Å². The number of nitrogens with zero attached hydrogens (tertiary/aromatic N) is 1. The van der Waals surface area contributed by atoms with Gasteiger partial charge >= 0.3 is 0 Å². The lowest BCUT2D eigenvalue weighted by Gasteiger charge is -2.06. The Kier molecular flexibility index (Phi) is 5.24. The number of carbonyl (C=O) groups is 1. The molecule has 5 heteroatoms. The Hall–Kier alpha value is -3.08. The van der Waals surface area contributed by atoms with E-state index in [2.05, 4.69) is 15.8 Å². The fourth-order valence-electron chi connectivity index (χ4n) is 2.29. The molecule has 5 nitrogen and oxygen atoms in total. The van der Waals surface area contributed by atoms with Crippen molar-refractivity contribution in [1.82, 2.24) is 10.5 Å². The molecule has 0 saturated carbocycles. The van der Waals surface area contributed by atoms with E-state index in [4.69, 9.17) is 4.52 Å². The van der Waals surface area contributed by atoms with Crippen LogP contribution < -0.4 is 10.6 Å². The van der Waals surface area contributed by atoms with Crippen LogP contribution in [0.3, 0.4) is 0 Å². The predicted octanol–water partition coefficient (Wildman–Crippen LogP) is 3.57. The molecule has 0 unspecified atom stereocenters. The molecule has 0 saturated heterocycles. The molecule has 2 aromatic carbocycles. The van der Waals surface area contributed by atoms with Crippen molar-refractivity contribution in [3.8, 4) is 11.3 Å². The summed E-state index contributed by atoms with van der Waals surface area (Å²) < 4.78 is 5.23. The van der Waals surface area contributed by atoms with E-state index in [9.17, 15) is 4.79 Å². The molecule has 1 amide bonds. The van der Waals surface area contributed by atoms with Gasteiger partial charge in [0.05, 0.1) is 0 Å². The van der Waals surface area contributed by atoms with Crippen molar-refractivity contribution >= 4 is 11.6 Å². The number of amides is 1. The van der Waals surface area contributed by atoms with Crippen LogP contribution in [-0.2, 0) is 0 Å². The van der Waals surface area contributed by atoms with Gasteiger partial charge in [-0.15, -0.1) is 0 Å². The molecule has 122 valence electrons. The topological polar surface area (TPSA) is 67.2 Å². The van der Waals surface area contributed by atoms with Gasteiger partial charge in [-0.1, -0.05) is 53.7 Å². The second kappa shape index (κ2) is 7.97. The van der Waals surface area contributed by atoms with Crippen molar-refractivity contribution in [3.05, 3.63) is 72.4 Å². The summed E-state index contributed by atoms with van der Waals surface area (Å²) in [5.74, 6) is 0.368. The second-order valence-corrected chi connectivity index (χ2v) is 5.34. The zero-order valence-corrected chi connectivity index (χ0v) is 13.2. The van der Waals surface area contributed by atoms with Gasteiger partial charge in [-0.2, -0.15) is 0 Å². The molecule has 0 aliphatic heterocycles. The Morgan fingerprint density at radius 1 is 0.958 bits per heavy atom. The van der Waals surface area contributed by atoms with Gasteiger partial charge in [-0.05, 0) is 18.6 Å².